The minimum atomic E-state index is 0.534. The van der Waals surface area contributed by atoms with Crippen molar-refractivity contribution in [1.29, 1.82) is 0 Å². The molecule has 0 amide bonds. The number of nitrogens with zero attached hydrogens (tertiary/aromatic N) is 2. The van der Waals surface area contributed by atoms with Gasteiger partial charge < -0.3 is 14.6 Å². The molecule has 1 aromatic heterocycles. The number of hydrogen-bond acceptors (Lipinski definition) is 4. The Morgan fingerprint density at radius 3 is 2.60 bits per heavy atom. The summed E-state index contributed by atoms with van der Waals surface area (Å²) >= 11 is 0. The van der Waals surface area contributed by atoms with Gasteiger partial charge in [0, 0.05) is 6.04 Å². The predicted octanol–water partition coefficient (Wildman–Crippen LogP) is 2.89. The van der Waals surface area contributed by atoms with Crippen LogP contribution in [0, 0.1) is 19.8 Å². The Morgan fingerprint density at radius 1 is 1.35 bits per heavy atom. The largest absolute Gasteiger partial charge is 0.444 e. The van der Waals surface area contributed by atoms with Crippen molar-refractivity contribution in [2.75, 3.05) is 19.6 Å². The molecule has 0 radical (unpaired) electrons. The molecule has 1 aliphatic rings. The molecule has 1 aliphatic heterocycles. The lowest BCUT2D eigenvalue weighted by Crippen LogP contribution is -2.42. The van der Waals surface area contributed by atoms with Crippen molar-refractivity contribution in [3.63, 3.8) is 0 Å². The third-order valence-corrected chi connectivity index (χ3v) is 4.53. The molecule has 0 saturated carbocycles. The maximum Gasteiger partial charge on any atom is 0.208 e. The Hall–Kier alpha value is -0.870. The van der Waals surface area contributed by atoms with Crippen LogP contribution in [-0.2, 0) is 6.54 Å². The van der Waals surface area contributed by atoms with Crippen LogP contribution < -0.4 is 5.32 Å². The average molecular weight is 279 g/mol. The number of aromatic nitrogens is 1. The van der Waals surface area contributed by atoms with Crippen LogP contribution in [0.3, 0.4) is 0 Å². The highest BCUT2D eigenvalue weighted by Crippen LogP contribution is 2.21. The molecule has 2 rings (SSSR count). The molecule has 2 heterocycles. The van der Waals surface area contributed by atoms with E-state index in [1.54, 1.807) is 0 Å². The van der Waals surface area contributed by atoms with Crippen LogP contribution in [0.15, 0.2) is 4.42 Å². The summed E-state index contributed by atoms with van der Waals surface area (Å²) in [5.41, 5.74) is 1.00. The van der Waals surface area contributed by atoms with E-state index in [4.69, 9.17) is 4.42 Å². The number of aryl methyl sites for hydroxylation is 2. The van der Waals surface area contributed by atoms with Crippen LogP contribution in [0.2, 0.25) is 0 Å². The van der Waals surface area contributed by atoms with E-state index in [1.165, 1.54) is 38.9 Å². The summed E-state index contributed by atoms with van der Waals surface area (Å²) < 4.78 is 5.62. The summed E-state index contributed by atoms with van der Waals surface area (Å²) in [5, 5.41) is 3.58. The molecule has 1 saturated heterocycles. The van der Waals surface area contributed by atoms with Crippen LogP contribution in [-0.4, -0.2) is 35.6 Å². The van der Waals surface area contributed by atoms with E-state index in [2.05, 4.69) is 29.0 Å². The second-order valence-electron chi connectivity index (χ2n) is 6.10. The molecule has 0 bridgehead atoms. The van der Waals surface area contributed by atoms with Crippen molar-refractivity contribution >= 4 is 0 Å². The van der Waals surface area contributed by atoms with Gasteiger partial charge >= 0.3 is 0 Å². The number of hydrogen-bond donors (Lipinski definition) is 1. The smallest absolute Gasteiger partial charge is 0.208 e. The van der Waals surface area contributed by atoms with Crippen LogP contribution in [0.5, 0.6) is 0 Å². The van der Waals surface area contributed by atoms with E-state index in [1.807, 2.05) is 13.8 Å². The Bertz CT molecular complexity index is 388. The number of rotatable bonds is 6. The fraction of sp³-hybridized carbons (Fsp3) is 0.812. The van der Waals surface area contributed by atoms with Gasteiger partial charge in [0.1, 0.15) is 5.76 Å². The molecular formula is C16H29N3O. The highest BCUT2D eigenvalue weighted by molar-refractivity contribution is 5.05. The Balaban J connectivity index is 1.74. The zero-order valence-electron chi connectivity index (χ0n) is 13.4. The normalized spacial score (nSPS) is 19.4. The SMILES string of the molecule is CCCN1CCC(C(C)NCc2nc(C)c(C)o2)CC1. The van der Waals surface area contributed by atoms with E-state index in [0.717, 1.165) is 29.8 Å². The molecule has 4 heteroatoms. The molecule has 4 nitrogen and oxygen atoms in total. The standard InChI is InChI=1S/C16H29N3O/c1-5-8-19-9-6-15(7-10-19)13(3)17-11-16-18-12(2)14(4)20-16/h13,15,17H,5-11H2,1-4H3. The third-order valence-electron chi connectivity index (χ3n) is 4.53. The second-order valence-corrected chi connectivity index (χ2v) is 6.10. The van der Waals surface area contributed by atoms with E-state index in [9.17, 15) is 0 Å². The first-order valence-corrected chi connectivity index (χ1v) is 7.98. The summed E-state index contributed by atoms with van der Waals surface area (Å²) in [4.78, 5) is 7.01. The van der Waals surface area contributed by atoms with Crippen LogP contribution in [0.4, 0.5) is 0 Å². The van der Waals surface area contributed by atoms with Crippen molar-refractivity contribution in [2.45, 2.75) is 59.5 Å². The van der Waals surface area contributed by atoms with E-state index < -0.39 is 0 Å². The molecule has 20 heavy (non-hydrogen) atoms. The molecular weight excluding hydrogens is 250 g/mol. The first kappa shape index (κ1) is 15.5. The zero-order chi connectivity index (χ0) is 14.5. The van der Waals surface area contributed by atoms with Gasteiger partial charge in [-0.15, -0.1) is 0 Å². The first-order valence-electron chi connectivity index (χ1n) is 7.98. The minimum absolute atomic E-state index is 0.534. The molecule has 1 N–H and O–H groups in total. The van der Waals surface area contributed by atoms with Crippen LogP contribution in [0.1, 0.15) is 50.5 Å². The molecule has 0 aliphatic carbocycles. The van der Waals surface area contributed by atoms with Gasteiger partial charge in [-0.1, -0.05) is 6.92 Å². The van der Waals surface area contributed by atoms with Gasteiger partial charge in [0.2, 0.25) is 5.89 Å². The van der Waals surface area contributed by atoms with Crippen LogP contribution in [0.25, 0.3) is 0 Å². The molecule has 0 aromatic carbocycles. The number of piperidine rings is 1. The molecule has 1 fully saturated rings. The Labute approximate surface area is 122 Å². The lowest BCUT2D eigenvalue weighted by molar-refractivity contribution is 0.161. The summed E-state index contributed by atoms with van der Waals surface area (Å²) in [7, 11) is 0. The van der Waals surface area contributed by atoms with Crippen molar-refractivity contribution < 1.29 is 4.42 Å². The highest BCUT2D eigenvalue weighted by Gasteiger charge is 2.23. The van der Waals surface area contributed by atoms with E-state index in [0.29, 0.717) is 6.04 Å². The maximum atomic E-state index is 5.62. The zero-order valence-corrected chi connectivity index (χ0v) is 13.4. The lowest BCUT2D eigenvalue weighted by atomic mass is 9.90. The second kappa shape index (κ2) is 7.23. The Kier molecular flexibility index (Phi) is 5.61. The van der Waals surface area contributed by atoms with Gasteiger partial charge in [0.25, 0.3) is 0 Å². The van der Waals surface area contributed by atoms with Gasteiger partial charge in [0.05, 0.1) is 12.2 Å². The van der Waals surface area contributed by atoms with Crippen molar-refractivity contribution in [3.05, 3.63) is 17.3 Å². The van der Waals surface area contributed by atoms with Gasteiger partial charge in [-0.25, -0.2) is 4.98 Å². The average Bonchev–Trinajstić information content (AvgIpc) is 2.76. The lowest BCUT2D eigenvalue weighted by Gasteiger charge is -2.34. The molecule has 0 spiro atoms. The van der Waals surface area contributed by atoms with Gasteiger partial charge in [-0.3, -0.25) is 0 Å². The summed E-state index contributed by atoms with van der Waals surface area (Å²) in [6.07, 6.45) is 3.87. The Morgan fingerprint density at radius 2 is 2.05 bits per heavy atom. The van der Waals surface area contributed by atoms with Gasteiger partial charge in [-0.2, -0.15) is 0 Å². The fourth-order valence-electron chi connectivity index (χ4n) is 3.02. The quantitative estimate of drug-likeness (QED) is 0.869. The summed E-state index contributed by atoms with van der Waals surface area (Å²) in [6.45, 7) is 13.0. The summed E-state index contributed by atoms with van der Waals surface area (Å²) in [6, 6.07) is 0.534. The molecule has 1 unspecified atom stereocenters. The topological polar surface area (TPSA) is 41.3 Å². The molecule has 1 aromatic rings. The number of likely N-dealkylation sites (tertiary alicyclic amines) is 1. The first-order chi connectivity index (χ1) is 9.60. The van der Waals surface area contributed by atoms with E-state index >= 15 is 0 Å². The van der Waals surface area contributed by atoms with Crippen molar-refractivity contribution in [1.82, 2.24) is 15.2 Å². The molecule has 114 valence electrons. The maximum absolute atomic E-state index is 5.62. The van der Waals surface area contributed by atoms with Crippen molar-refractivity contribution in [3.8, 4) is 0 Å². The van der Waals surface area contributed by atoms with Crippen molar-refractivity contribution in [2.24, 2.45) is 5.92 Å². The number of oxazole rings is 1. The third kappa shape index (κ3) is 4.06. The highest BCUT2D eigenvalue weighted by atomic mass is 16.4. The van der Waals surface area contributed by atoms with Crippen LogP contribution >= 0.6 is 0 Å². The monoisotopic (exact) mass is 279 g/mol. The van der Waals surface area contributed by atoms with Gasteiger partial charge in [0.15, 0.2) is 0 Å². The summed E-state index contributed by atoms with van der Waals surface area (Å²) in [5.74, 6) is 2.53. The van der Waals surface area contributed by atoms with Gasteiger partial charge in [-0.05, 0) is 65.6 Å². The minimum Gasteiger partial charge on any atom is -0.444 e. The molecule has 1 atom stereocenters. The van der Waals surface area contributed by atoms with E-state index in [-0.39, 0.29) is 0 Å². The number of nitrogens with one attached hydrogen (secondary N) is 1. The predicted molar refractivity (Wildman–Crippen MR) is 81.7 cm³/mol. The fourth-order valence-corrected chi connectivity index (χ4v) is 3.02.